The van der Waals surface area contributed by atoms with Crippen molar-refractivity contribution in [3.05, 3.63) is 0 Å². The van der Waals surface area contributed by atoms with Crippen LogP contribution in [-0.4, -0.2) is 37.7 Å². The summed E-state index contributed by atoms with van der Waals surface area (Å²) < 4.78 is 5.27. The van der Waals surface area contributed by atoms with Gasteiger partial charge in [-0.1, -0.05) is 19.8 Å². The molecule has 4 atom stereocenters. The predicted molar refractivity (Wildman–Crippen MR) is 71.4 cm³/mol. The first-order valence-electron chi connectivity index (χ1n) is 7.25. The van der Waals surface area contributed by atoms with Gasteiger partial charge in [-0.15, -0.1) is 0 Å². The summed E-state index contributed by atoms with van der Waals surface area (Å²) >= 11 is 0. The zero-order valence-electron chi connectivity index (χ0n) is 11.6. The average molecular weight is 254 g/mol. The second-order valence-electron chi connectivity index (χ2n) is 5.87. The molecule has 104 valence electrons. The van der Waals surface area contributed by atoms with Crippen molar-refractivity contribution in [2.45, 2.75) is 63.6 Å². The summed E-state index contributed by atoms with van der Waals surface area (Å²) in [5.74, 6) is 0.975. The van der Waals surface area contributed by atoms with E-state index in [1.54, 1.807) is 7.11 Å². The quantitative estimate of drug-likeness (QED) is 0.750. The molecule has 1 saturated carbocycles. The normalized spacial score (nSPS) is 37.2. The van der Waals surface area contributed by atoms with Crippen LogP contribution in [0, 0.1) is 5.92 Å². The average Bonchev–Trinajstić information content (AvgIpc) is 2.76. The molecule has 0 radical (unpaired) electrons. The van der Waals surface area contributed by atoms with Crippen molar-refractivity contribution in [1.29, 1.82) is 0 Å². The molecular weight excluding hydrogens is 228 g/mol. The van der Waals surface area contributed by atoms with E-state index in [4.69, 9.17) is 4.74 Å². The van der Waals surface area contributed by atoms with Crippen LogP contribution in [-0.2, 0) is 9.53 Å². The molecule has 0 spiro atoms. The number of methoxy groups -OCH3 is 1. The number of amides is 1. The molecule has 0 aromatic carbocycles. The minimum atomic E-state index is -0.0596. The van der Waals surface area contributed by atoms with E-state index in [2.05, 4.69) is 17.6 Å². The fraction of sp³-hybridized carbons (Fsp3) is 0.929. The zero-order valence-corrected chi connectivity index (χ0v) is 11.6. The van der Waals surface area contributed by atoms with Crippen LogP contribution in [0.3, 0.4) is 0 Å². The van der Waals surface area contributed by atoms with Gasteiger partial charge in [-0.25, -0.2) is 0 Å². The van der Waals surface area contributed by atoms with Crippen molar-refractivity contribution in [2.24, 2.45) is 5.92 Å². The van der Waals surface area contributed by atoms with Crippen LogP contribution in [0.4, 0.5) is 0 Å². The van der Waals surface area contributed by atoms with Gasteiger partial charge in [0.25, 0.3) is 0 Å². The Balaban J connectivity index is 1.77. The van der Waals surface area contributed by atoms with Gasteiger partial charge in [0.2, 0.25) is 5.91 Å². The Labute approximate surface area is 110 Å². The number of carbonyl (C=O) groups is 1. The topological polar surface area (TPSA) is 50.4 Å². The van der Waals surface area contributed by atoms with Crippen LogP contribution >= 0.6 is 0 Å². The van der Waals surface area contributed by atoms with E-state index in [9.17, 15) is 4.79 Å². The van der Waals surface area contributed by atoms with E-state index in [0.29, 0.717) is 6.04 Å². The number of hydrogen-bond donors (Lipinski definition) is 2. The summed E-state index contributed by atoms with van der Waals surface area (Å²) in [6, 6.07) is 0.321. The van der Waals surface area contributed by atoms with Crippen molar-refractivity contribution in [2.75, 3.05) is 13.7 Å². The van der Waals surface area contributed by atoms with E-state index >= 15 is 0 Å². The Kier molecular flexibility index (Phi) is 5.01. The standard InChI is InChI=1S/C14H26N2O2/c1-10-4-3-5-11(7-6-10)16-14(17)13-8-12(18-2)9-15-13/h10-13,15H,3-9H2,1-2H3,(H,16,17). The van der Waals surface area contributed by atoms with Gasteiger partial charge in [0.1, 0.15) is 0 Å². The molecule has 1 amide bonds. The fourth-order valence-corrected chi connectivity index (χ4v) is 3.02. The second-order valence-corrected chi connectivity index (χ2v) is 5.87. The first kappa shape index (κ1) is 13.8. The van der Waals surface area contributed by atoms with Crippen LogP contribution in [0.25, 0.3) is 0 Å². The molecule has 2 aliphatic rings. The van der Waals surface area contributed by atoms with Crippen molar-refractivity contribution in [3.63, 3.8) is 0 Å². The molecule has 4 heteroatoms. The van der Waals surface area contributed by atoms with E-state index < -0.39 is 0 Å². The van der Waals surface area contributed by atoms with Crippen molar-refractivity contribution in [1.82, 2.24) is 10.6 Å². The molecule has 2 N–H and O–H groups in total. The molecule has 0 aromatic rings. The van der Waals surface area contributed by atoms with Gasteiger partial charge < -0.3 is 15.4 Å². The highest BCUT2D eigenvalue weighted by Gasteiger charge is 2.30. The molecular formula is C14H26N2O2. The SMILES string of the molecule is COC1CNC(C(=O)NC2CCCC(C)CC2)C1. The third kappa shape index (κ3) is 3.69. The molecule has 4 nitrogen and oxygen atoms in total. The Bertz CT molecular complexity index is 283. The van der Waals surface area contributed by atoms with Crippen molar-refractivity contribution < 1.29 is 9.53 Å². The lowest BCUT2D eigenvalue weighted by Gasteiger charge is -2.19. The molecule has 2 rings (SSSR count). The Morgan fingerprint density at radius 1 is 1.28 bits per heavy atom. The van der Waals surface area contributed by atoms with E-state index in [-0.39, 0.29) is 18.1 Å². The van der Waals surface area contributed by atoms with E-state index in [0.717, 1.165) is 31.7 Å². The summed E-state index contributed by atoms with van der Waals surface area (Å²) in [7, 11) is 1.71. The molecule has 4 unspecified atom stereocenters. The summed E-state index contributed by atoms with van der Waals surface area (Å²) in [5.41, 5.74) is 0. The van der Waals surface area contributed by atoms with Gasteiger partial charge in [-0.3, -0.25) is 4.79 Å². The molecule has 2 fully saturated rings. The van der Waals surface area contributed by atoms with Gasteiger partial charge in [0.15, 0.2) is 0 Å². The van der Waals surface area contributed by atoms with E-state index in [1.807, 2.05) is 0 Å². The summed E-state index contributed by atoms with van der Waals surface area (Å²) in [4.78, 5) is 12.1. The fourth-order valence-electron chi connectivity index (χ4n) is 3.02. The largest absolute Gasteiger partial charge is 0.380 e. The first-order valence-corrected chi connectivity index (χ1v) is 7.25. The minimum Gasteiger partial charge on any atom is -0.380 e. The predicted octanol–water partition coefficient (Wildman–Crippen LogP) is 1.45. The zero-order chi connectivity index (χ0) is 13.0. The van der Waals surface area contributed by atoms with Crippen LogP contribution in [0.1, 0.15) is 45.4 Å². The van der Waals surface area contributed by atoms with Gasteiger partial charge >= 0.3 is 0 Å². The van der Waals surface area contributed by atoms with Crippen LogP contribution in [0.2, 0.25) is 0 Å². The number of rotatable bonds is 3. The summed E-state index contributed by atoms with van der Waals surface area (Å²) in [5, 5.41) is 6.44. The van der Waals surface area contributed by atoms with Crippen LogP contribution in [0.5, 0.6) is 0 Å². The molecule has 0 aromatic heterocycles. The lowest BCUT2D eigenvalue weighted by atomic mass is 10.0. The lowest BCUT2D eigenvalue weighted by molar-refractivity contribution is -0.123. The van der Waals surface area contributed by atoms with Crippen molar-refractivity contribution >= 4 is 5.91 Å². The monoisotopic (exact) mass is 254 g/mol. The maximum absolute atomic E-state index is 12.1. The summed E-state index contributed by atoms with van der Waals surface area (Å²) in [6.45, 7) is 3.10. The molecule has 1 aliphatic heterocycles. The van der Waals surface area contributed by atoms with Gasteiger partial charge in [-0.2, -0.15) is 0 Å². The van der Waals surface area contributed by atoms with Gasteiger partial charge in [0.05, 0.1) is 12.1 Å². The highest BCUT2D eigenvalue weighted by Crippen LogP contribution is 2.22. The van der Waals surface area contributed by atoms with Crippen LogP contribution < -0.4 is 10.6 Å². The van der Waals surface area contributed by atoms with Gasteiger partial charge in [0, 0.05) is 19.7 Å². The third-order valence-corrected chi connectivity index (χ3v) is 4.34. The van der Waals surface area contributed by atoms with Gasteiger partial charge in [-0.05, 0) is 31.6 Å². The number of nitrogens with one attached hydrogen (secondary N) is 2. The molecule has 1 aliphatic carbocycles. The Morgan fingerprint density at radius 2 is 2.11 bits per heavy atom. The summed E-state index contributed by atoms with van der Waals surface area (Å²) in [6.07, 6.45) is 7.04. The lowest BCUT2D eigenvalue weighted by Crippen LogP contribution is -2.45. The molecule has 0 bridgehead atoms. The van der Waals surface area contributed by atoms with Crippen molar-refractivity contribution in [3.8, 4) is 0 Å². The minimum absolute atomic E-state index is 0.0596. The molecule has 18 heavy (non-hydrogen) atoms. The molecule has 1 heterocycles. The Hall–Kier alpha value is -0.610. The molecule has 1 saturated heterocycles. The van der Waals surface area contributed by atoms with E-state index in [1.165, 1.54) is 19.3 Å². The number of hydrogen-bond acceptors (Lipinski definition) is 3. The first-order chi connectivity index (χ1) is 8.69. The third-order valence-electron chi connectivity index (χ3n) is 4.34. The number of ether oxygens (including phenoxy) is 1. The smallest absolute Gasteiger partial charge is 0.237 e. The highest BCUT2D eigenvalue weighted by atomic mass is 16.5. The maximum Gasteiger partial charge on any atom is 0.237 e. The van der Waals surface area contributed by atoms with Crippen LogP contribution in [0.15, 0.2) is 0 Å². The number of carbonyl (C=O) groups excluding carboxylic acids is 1. The Morgan fingerprint density at radius 3 is 2.83 bits per heavy atom. The maximum atomic E-state index is 12.1. The highest BCUT2D eigenvalue weighted by molar-refractivity contribution is 5.82. The second kappa shape index (κ2) is 6.53.